The van der Waals surface area contributed by atoms with Gasteiger partial charge >= 0.3 is 0 Å². The van der Waals surface area contributed by atoms with E-state index in [2.05, 4.69) is 14.9 Å². The summed E-state index contributed by atoms with van der Waals surface area (Å²) in [5, 5.41) is 0. The van der Waals surface area contributed by atoms with Crippen molar-refractivity contribution in [3.05, 3.63) is 46.4 Å². The van der Waals surface area contributed by atoms with Gasteiger partial charge in [0.1, 0.15) is 0 Å². The number of nitrogens with zero attached hydrogens (tertiary/aromatic N) is 2. The van der Waals surface area contributed by atoms with Gasteiger partial charge in [-0.1, -0.05) is 24.3 Å². The molecule has 130 valence electrons. The molecule has 0 aliphatic rings. The predicted octanol–water partition coefficient (Wildman–Crippen LogP) is 0.519. The highest BCUT2D eigenvalue weighted by molar-refractivity contribution is 5.62. The molecule has 0 saturated carbocycles. The lowest BCUT2D eigenvalue weighted by Crippen LogP contribution is -2.28. The maximum atomic E-state index is 11.9. The Hall–Kier alpha value is -2.22. The molecular formula is C17H26N6O. The minimum absolute atomic E-state index is 0.121. The van der Waals surface area contributed by atoms with Crippen LogP contribution < -0.4 is 22.8 Å². The standard InChI is InChI=1S/C17H26N6O/c18-7-1-9-23(10-2-8-19)12-13-3-5-14(6-4-13)15-11-21-17(20)22-16(15)24/h3-6,11H,1-2,7-10,12,18-19H2,(H3,20,21,22,24). The van der Waals surface area contributed by atoms with Crippen molar-refractivity contribution in [2.75, 3.05) is 31.9 Å². The number of benzene rings is 1. The minimum atomic E-state index is -0.327. The Morgan fingerprint density at radius 3 is 2.21 bits per heavy atom. The number of aromatic nitrogens is 2. The molecule has 0 aliphatic carbocycles. The van der Waals surface area contributed by atoms with E-state index in [9.17, 15) is 4.79 Å². The van der Waals surface area contributed by atoms with Crippen LogP contribution in [-0.2, 0) is 6.54 Å². The molecule has 0 radical (unpaired) electrons. The van der Waals surface area contributed by atoms with Crippen LogP contribution in [0.1, 0.15) is 18.4 Å². The van der Waals surface area contributed by atoms with Gasteiger partial charge in [-0.15, -0.1) is 0 Å². The van der Waals surface area contributed by atoms with Crippen LogP contribution in [0.5, 0.6) is 0 Å². The Labute approximate surface area is 141 Å². The highest BCUT2D eigenvalue weighted by atomic mass is 16.1. The number of aromatic amines is 1. The molecule has 0 aliphatic heterocycles. The Bertz CT molecular complexity index is 674. The van der Waals surface area contributed by atoms with Crippen molar-refractivity contribution in [3.8, 4) is 11.1 Å². The molecule has 0 amide bonds. The molecule has 24 heavy (non-hydrogen) atoms. The maximum absolute atomic E-state index is 11.9. The lowest BCUT2D eigenvalue weighted by molar-refractivity contribution is 0.262. The fraction of sp³-hybridized carbons (Fsp3) is 0.412. The fourth-order valence-corrected chi connectivity index (χ4v) is 2.56. The van der Waals surface area contributed by atoms with Crippen molar-refractivity contribution in [2.45, 2.75) is 19.4 Å². The topological polar surface area (TPSA) is 127 Å². The van der Waals surface area contributed by atoms with Gasteiger partial charge in [0, 0.05) is 12.7 Å². The minimum Gasteiger partial charge on any atom is -0.369 e. The van der Waals surface area contributed by atoms with E-state index in [4.69, 9.17) is 17.2 Å². The molecule has 0 atom stereocenters. The molecule has 7 nitrogen and oxygen atoms in total. The summed E-state index contributed by atoms with van der Waals surface area (Å²) in [5.41, 5.74) is 18.9. The second-order valence-corrected chi connectivity index (χ2v) is 5.76. The summed E-state index contributed by atoms with van der Waals surface area (Å²) in [6.45, 7) is 4.13. The third-order valence-electron chi connectivity index (χ3n) is 3.84. The van der Waals surface area contributed by atoms with E-state index < -0.39 is 0 Å². The van der Waals surface area contributed by atoms with E-state index in [1.807, 2.05) is 24.3 Å². The van der Waals surface area contributed by atoms with Crippen molar-refractivity contribution in [1.29, 1.82) is 0 Å². The van der Waals surface area contributed by atoms with Crippen LogP contribution in [-0.4, -0.2) is 41.0 Å². The van der Waals surface area contributed by atoms with Crippen LogP contribution >= 0.6 is 0 Å². The second kappa shape index (κ2) is 9.17. The number of nitrogens with one attached hydrogen (secondary N) is 1. The number of nitrogens with two attached hydrogens (primary N) is 3. The Morgan fingerprint density at radius 1 is 1.04 bits per heavy atom. The summed E-state index contributed by atoms with van der Waals surface area (Å²) in [7, 11) is 0. The molecule has 1 aromatic carbocycles. The van der Waals surface area contributed by atoms with Crippen molar-refractivity contribution in [3.63, 3.8) is 0 Å². The van der Waals surface area contributed by atoms with Gasteiger partial charge in [0.2, 0.25) is 5.95 Å². The highest BCUT2D eigenvalue weighted by Gasteiger charge is 2.08. The second-order valence-electron chi connectivity index (χ2n) is 5.76. The van der Waals surface area contributed by atoms with Crippen molar-refractivity contribution in [1.82, 2.24) is 14.9 Å². The molecule has 7 heteroatoms. The highest BCUT2D eigenvalue weighted by Crippen LogP contribution is 2.16. The average Bonchev–Trinajstić information content (AvgIpc) is 2.58. The summed E-state index contributed by atoms with van der Waals surface area (Å²) in [6, 6.07) is 7.93. The zero-order chi connectivity index (χ0) is 17.4. The number of anilines is 1. The summed E-state index contributed by atoms with van der Waals surface area (Å²) < 4.78 is 0. The Balaban J connectivity index is 2.08. The van der Waals surface area contributed by atoms with Gasteiger partial charge in [0.25, 0.3) is 5.56 Å². The van der Waals surface area contributed by atoms with Gasteiger partial charge < -0.3 is 22.2 Å². The zero-order valence-electron chi connectivity index (χ0n) is 13.9. The van der Waals surface area contributed by atoms with Crippen LogP contribution in [0, 0.1) is 0 Å². The molecular weight excluding hydrogens is 304 g/mol. The van der Waals surface area contributed by atoms with Gasteiger partial charge in [-0.05, 0) is 50.1 Å². The van der Waals surface area contributed by atoms with E-state index in [0.717, 1.165) is 38.0 Å². The summed E-state index contributed by atoms with van der Waals surface area (Å²) in [6.07, 6.45) is 3.53. The predicted molar refractivity (Wildman–Crippen MR) is 97.3 cm³/mol. The van der Waals surface area contributed by atoms with E-state index in [1.165, 1.54) is 5.56 Å². The van der Waals surface area contributed by atoms with Gasteiger partial charge in [-0.25, -0.2) is 0 Å². The lowest BCUT2D eigenvalue weighted by atomic mass is 10.1. The number of rotatable bonds is 9. The smallest absolute Gasteiger partial charge is 0.282 e. The van der Waals surface area contributed by atoms with Crippen LogP contribution in [0.25, 0.3) is 11.1 Å². The molecule has 0 fully saturated rings. The molecule has 1 aromatic heterocycles. The maximum Gasteiger partial charge on any atom is 0.282 e. The number of nitrogen functional groups attached to an aromatic ring is 1. The quantitative estimate of drug-likeness (QED) is 0.531. The first kappa shape index (κ1) is 18.1. The van der Waals surface area contributed by atoms with Crippen molar-refractivity contribution >= 4 is 5.95 Å². The Kier molecular flexibility index (Phi) is 6.92. The Morgan fingerprint density at radius 2 is 1.67 bits per heavy atom. The molecule has 0 spiro atoms. The van der Waals surface area contributed by atoms with Gasteiger partial charge in [-0.3, -0.25) is 9.69 Å². The average molecular weight is 330 g/mol. The van der Waals surface area contributed by atoms with Gasteiger partial charge in [0.05, 0.1) is 5.56 Å². The first-order valence-electron chi connectivity index (χ1n) is 8.21. The van der Waals surface area contributed by atoms with E-state index in [-0.39, 0.29) is 11.5 Å². The largest absolute Gasteiger partial charge is 0.369 e. The monoisotopic (exact) mass is 330 g/mol. The third-order valence-corrected chi connectivity index (χ3v) is 3.84. The van der Waals surface area contributed by atoms with E-state index in [1.54, 1.807) is 6.20 Å². The first-order chi connectivity index (χ1) is 11.6. The van der Waals surface area contributed by atoms with Crippen LogP contribution in [0.3, 0.4) is 0 Å². The fourth-order valence-electron chi connectivity index (χ4n) is 2.56. The first-order valence-corrected chi connectivity index (χ1v) is 8.21. The SMILES string of the molecule is NCCCN(CCCN)Cc1ccc(-c2c[nH]c(N)nc2=O)cc1. The van der Waals surface area contributed by atoms with Gasteiger partial charge in [-0.2, -0.15) is 4.98 Å². The molecule has 1 heterocycles. The van der Waals surface area contributed by atoms with E-state index in [0.29, 0.717) is 18.7 Å². The summed E-state index contributed by atoms with van der Waals surface area (Å²) >= 11 is 0. The normalized spacial score (nSPS) is 11.1. The molecule has 2 aromatic rings. The summed E-state index contributed by atoms with van der Waals surface area (Å²) in [4.78, 5) is 20.7. The van der Waals surface area contributed by atoms with E-state index >= 15 is 0 Å². The zero-order valence-corrected chi connectivity index (χ0v) is 13.9. The van der Waals surface area contributed by atoms with Crippen LogP contribution in [0.15, 0.2) is 35.3 Å². The molecule has 7 N–H and O–H groups in total. The van der Waals surface area contributed by atoms with Crippen LogP contribution in [0.2, 0.25) is 0 Å². The third kappa shape index (κ3) is 5.16. The molecule has 2 rings (SSSR count). The van der Waals surface area contributed by atoms with Gasteiger partial charge in [0.15, 0.2) is 0 Å². The molecule has 0 saturated heterocycles. The number of H-pyrrole nitrogens is 1. The lowest BCUT2D eigenvalue weighted by Gasteiger charge is -2.22. The van der Waals surface area contributed by atoms with Crippen LogP contribution in [0.4, 0.5) is 5.95 Å². The van der Waals surface area contributed by atoms with Crippen molar-refractivity contribution in [2.24, 2.45) is 11.5 Å². The summed E-state index contributed by atoms with van der Waals surface area (Å²) in [5.74, 6) is 0.121. The number of hydrogen-bond donors (Lipinski definition) is 4. The molecule has 0 unspecified atom stereocenters. The van der Waals surface area contributed by atoms with Crippen molar-refractivity contribution < 1.29 is 0 Å². The number of hydrogen-bond acceptors (Lipinski definition) is 6. The molecule has 0 bridgehead atoms.